The molecule has 1 heterocycles. The number of hydrogen-bond acceptors (Lipinski definition) is 3. The van der Waals surface area contributed by atoms with Crippen LogP contribution in [-0.2, 0) is 16.0 Å². The molecular formula is C21H29N3O3. The third kappa shape index (κ3) is 4.81. The van der Waals surface area contributed by atoms with Crippen molar-refractivity contribution in [2.45, 2.75) is 58.0 Å². The Morgan fingerprint density at radius 3 is 2.81 bits per heavy atom. The van der Waals surface area contributed by atoms with E-state index >= 15 is 0 Å². The summed E-state index contributed by atoms with van der Waals surface area (Å²) in [6.07, 6.45) is 6.22. The predicted octanol–water partition coefficient (Wildman–Crippen LogP) is 3.52. The minimum Gasteiger partial charge on any atom is -0.450 e. The van der Waals surface area contributed by atoms with Crippen molar-refractivity contribution in [3.05, 3.63) is 36.0 Å². The van der Waals surface area contributed by atoms with Gasteiger partial charge in [0, 0.05) is 29.6 Å². The quantitative estimate of drug-likeness (QED) is 0.726. The average molecular weight is 371 g/mol. The van der Waals surface area contributed by atoms with Gasteiger partial charge in [0.1, 0.15) is 6.04 Å². The van der Waals surface area contributed by atoms with Crippen molar-refractivity contribution in [2.24, 2.45) is 5.92 Å². The van der Waals surface area contributed by atoms with Gasteiger partial charge in [0.25, 0.3) is 0 Å². The van der Waals surface area contributed by atoms with Crippen molar-refractivity contribution < 1.29 is 14.3 Å². The lowest BCUT2D eigenvalue weighted by atomic mass is 9.85. The average Bonchev–Trinajstić information content (AvgIpc) is 3.06. The van der Waals surface area contributed by atoms with E-state index in [1.807, 2.05) is 30.5 Å². The van der Waals surface area contributed by atoms with Gasteiger partial charge < -0.3 is 20.4 Å². The maximum atomic E-state index is 13.0. The molecule has 146 valence electrons. The third-order valence-electron chi connectivity index (χ3n) is 5.42. The molecule has 27 heavy (non-hydrogen) atoms. The second kappa shape index (κ2) is 8.93. The van der Waals surface area contributed by atoms with Crippen LogP contribution in [0.25, 0.3) is 10.9 Å². The maximum Gasteiger partial charge on any atom is 0.407 e. The Hall–Kier alpha value is -2.50. The number of alkyl carbamates (subject to hydrolysis) is 1. The number of ether oxygens (including phenoxy) is 1. The Morgan fingerprint density at radius 2 is 2.04 bits per heavy atom. The van der Waals surface area contributed by atoms with Gasteiger partial charge in [0.2, 0.25) is 5.91 Å². The highest BCUT2D eigenvalue weighted by Crippen LogP contribution is 2.24. The Balaban J connectivity index is 1.75. The van der Waals surface area contributed by atoms with Gasteiger partial charge in [-0.2, -0.15) is 0 Å². The molecular weight excluding hydrogens is 342 g/mol. The van der Waals surface area contributed by atoms with Crippen LogP contribution >= 0.6 is 0 Å². The van der Waals surface area contributed by atoms with Crippen LogP contribution in [0.5, 0.6) is 0 Å². The number of hydrogen-bond donors (Lipinski definition) is 3. The van der Waals surface area contributed by atoms with Crippen molar-refractivity contribution in [1.29, 1.82) is 0 Å². The van der Waals surface area contributed by atoms with Crippen molar-refractivity contribution in [3.8, 4) is 0 Å². The number of carbonyl (C=O) groups is 2. The predicted molar refractivity (Wildman–Crippen MR) is 106 cm³/mol. The number of nitrogens with one attached hydrogen (secondary N) is 3. The van der Waals surface area contributed by atoms with Crippen LogP contribution in [-0.4, -0.2) is 35.7 Å². The fraction of sp³-hybridized carbons (Fsp3) is 0.524. The largest absolute Gasteiger partial charge is 0.450 e. The molecule has 1 saturated carbocycles. The van der Waals surface area contributed by atoms with E-state index in [1.165, 1.54) is 6.42 Å². The van der Waals surface area contributed by atoms with E-state index in [9.17, 15) is 9.59 Å². The molecule has 1 aliphatic rings. The SMILES string of the molecule is CCOC(=O)N[C@H](Cc1c[nH]c2ccccc12)C(=O)N[C@H]1CCCC[C@@H]1C. The monoisotopic (exact) mass is 371 g/mol. The molecule has 0 unspecified atom stereocenters. The highest BCUT2D eigenvalue weighted by Gasteiger charge is 2.28. The van der Waals surface area contributed by atoms with Gasteiger partial charge >= 0.3 is 6.09 Å². The second-order valence-corrected chi connectivity index (χ2v) is 7.36. The van der Waals surface area contributed by atoms with Gasteiger partial charge in [-0.3, -0.25) is 4.79 Å². The molecule has 0 spiro atoms. The highest BCUT2D eigenvalue weighted by atomic mass is 16.5. The molecule has 1 fully saturated rings. The molecule has 1 aliphatic carbocycles. The zero-order chi connectivity index (χ0) is 19.2. The lowest BCUT2D eigenvalue weighted by Crippen LogP contribution is -2.52. The van der Waals surface area contributed by atoms with Crippen LogP contribution in [0.2, 0.25) is 0 Å². The Kier molecular flexibility index (Phi) is 6.37. The van der Waals surface area contributed by atoms with Gasteiger partial charge in [0.15, 0.2) is 0 Å². The highest BCUT2D eigenvalue weighted by molar-refractivity contribution is 5.88. The maximum absolute atomic E-state index is 13.0. The minimum atomic E-state index is -0.669. The van der Waals surface area contributed by atoms with Crippen molar-refractivity contribution >= 4 is 22.9 Å². The number of aromatic amines is 1. The first-order valence-electron chi connectivity index (χ1n) is 9.87. The summed E-state index contributed by atoms with van der Waals surface area (Å²) in [5.41, 5.74) is 2.02. The summed E-state index contributed by atoms with van der Waals surface area (Å²) in [5.74, 6) is 0.311. The van der Waals surface area contributed by atoms with E-state index in [1.54, 1.807) is 6.92 Å². The van der Waals surface area contributed by atoms with E-state index in [-0.39, 0.29) is 18.6 Å². The summed E-state index contributed by atoms with van der Waals surface area (Å²) in [4.78, 5) is 28.2. The summed E-state index contributed by atoms with van der Waals surface area (Å²) in [6.45, 7) is 4.20. The van der Waals surface area contributed by atoms with Crippen molar-refractivity contribution in [1.82, 2.24) is 15.6 Å². The molecule has 6 heteroatoms. The molecule has 0 saturated heterocycles. The Morgan fingerprint density at radius 1 is 1.26 bits per heavy atom. The zero-order valence-electron chi connectivity index (χ0n) is 16.1. The molecule has 0 radical (unpaired) electrons. The number of fused-ring (bicyclic) bond motifs is 1. The van der Waals surface area contributed by atoms with E-state index in [0.29, 0.717) is 12.3 Å². The molecule has 6 nitrogen and oxygen atoms in total. The Bertz CT molecular complexity index is 786. The molecule has 3 rings (SSSR count). The minimum absolute atomic E-state index is 0.146. The number of amides is 2. The Labute approximate surface area is 160 Å². The van der Waals surface area contributed by atoms with Crippen LogP contribution in [0.15, 0.2) is 30.5 Å². The first-order chi connectivity index (χ1) is 13.1. The number of H-pyrrole nitrogens is 1. The van der Waals surface area contributed by atoms with Crippen molar-refractivity contribution in [2.75, 3.05) is 6.61 Å². The number of carbonyl (C=O) groups excluding carboxylic acids is 2. The molecule has 0 aliphatic heterocycles. The van der Waals surface area contributed by atoms with Gasteiger partial charge in [-0.15, -0.1) is 0 Å². The van der Waals surface area contributed by atoms with E-state index < -0.39 is 12.1 Å². The summed E-state index contributed by atoms with van der Waals surface area (Å²) in [7, 11) is 0. The van der Waals surface area contributed by atoms with Crippen LogP contribution in [0.4, 0.5) is 4.79 Å². The third-order valence-corrected chi connectivity index (χ3v) is 5.42. The molecule has 0 bridgehead atoms. The summed E-state index contributed by atoms with van der Waals surface area (Å²) >= 11 is 0. The van der Waals surface area contributed by atoms with E-state index in [2.05, 4.69) is 22.5 Å². The molecule has 2 amide bonds. The number of aromatic nitrogens is 1. The molecule has 3 atom stereocenters. The first kappa shape index (κ1) is 19.3. The summed E-state index contributed by atoms with van der Waals surface area (Å²) in [5, 5.41) is 6.96. The van der Waals surface area contributed by atoms with Gasteiger partial charge in [-0.1, -0.05) is 38.0 Å². The molecule has 2 aromatic rings. The van der Waals surface area contributed by atoms with Crippen LogP contribution in [0.3, 0.4) is 0 Å². The fourth-order valence-electron chi connectivity index (χ4n) is 3.86. The number of para-hydroxylation sites is 1. The van der Waals surface area contributed by atoms with E-state index in [0.717, 1.165) is 35.7 Å². The molecule has 3 N–H and O–H groups in total. The van der Waals surface area contributed by atoms with Crippen LogP contribution in [0, 0.1) is 5.92 Å². The lowest BCUT2D eigenvalue weighted by molar-refractivity contribution is -0.124. The normalized spacial score (nSPS) is 20.8. The topological polar surface area (TPSA) is 83.2 Å². The standard InChI is InChI=1S/C21H29N3O3/c1-3-27-21(26)24-19(20(25)23-17-10-6-4-8-14(17)2)12-15-13-22-18-11-7-5-9-16(15)18/h5,7,9,11,13-14,17,19,22H,3-4,6,8,10,12H2,1-2H3,(H,23,25)(H,24,26)/t14-,17-,19+/m0/s1. The van der Waals surface area contributed by atoms with Gasteiger partial charge in [-0.05, 0) is 37.3 Å². The van der Waals surface area contributed by atoms with E-state index in [4.69, 9.17) is 4.74 Å². The van der Waals surface area contributed by atoms with Crippen LogP contribution < -0.4 is 10.6 Å². The molecule has 1 aromatic heterocycles. The van der Waals surface area contributed by atoms with Crippen LogP contribution in [0.1, 0.15) is 45.1 Å². The van der Waals surface area contributed by atoms with Crippen molar-refractivity contribution in [3.63, 3.8) is 0 Å². The van der Waals surface area contributed by atoms with Gasteiger partial charge in [0.05, 0.1) is 6.61 Å². The lowest BCUT2D eigenvalue weighted by Gasteiger charge is -2.31. The second-order valence-electron chi connectivity index (χ2n) is 7.36. The smallest absolute Gasteiger partial charge is 0.407 e. The number of benzene rings is 1. The van der Waals surface area contributed by atoms with Gasteiger partial charge in [-0.25, -0.2) is 4.79 Å². The molecule has 1 aromatic carbocycles. The number of rotatable bonds is 6. The summed E-state index contributed by atoms with van der Waals surface area (Å²) in [6, 6.07) is 7.45. The first-order valence-corrected chi connectivity index (χ1v) is 9.87. The fourth-order valence-corrected chi connectivity index (χ4v) is 3.86. The zero-order valence-corrected chi connectivity index (χ0v) is 16.1. The summed E-state index contributed by atoms with van der Waals surface area (Å²) < 4.78 is 5.00.